The Balaban J connectivity index is 0.000000256. The van der Waals surface area contributed by atoms with E-state index >= 15 is 0 Å². The number of aromatic nitrogens is 2. The molecular formula is C62H86N6O23S. The number of aliphatic hydroxyl groups is 6. The van der Waals surface area contributed by atoms with Crippen molar-refractivity contribution in [1.29, 1.82) is 0 Å². The lowest BCUT2D eigenvalue weighted by Gasteiger charge is -2.58. The van der Waals surface area contributed by atoms with Crippen molar-refractivity contribution in [3.05, 3.63) is 120 Å². The third-order valence-electron chi connectivity index (χ3n) is 17.2. The van der Waals surface area contributed by atoms with Crippen LogP contribution >= 0.6 is 0 Å². The van der Waals surface area contributed by atoms with Crippen molar-refractivity contribution in [3.63, 3.8) is 0 Å². The molecule has 20 atom stereocenters. The highest BCUT2D eigenvalue weighted by molar-refractivity contribution is 7.81. The van der Waals surface area contributed by atoms with E-state index in [9.17, 15) is 63.3 Å². The lowest BCUT2D eigenvalue weighted by atomic mass is 9.74. The van der Waals surface area contributed by atoms with E-state index in [0.29, 0.717) is 18.5 Å². The van der Waals surface area contributed by atoms with Gasteiger partial charge in [-0.1, -0.05) is 89.4 Å². The number of ether oxygens (including phenoxy) is 8. The third-order valence-corrected chi connectivity index (χ3v) is 17.6. The molecule has 0 spiro atoms. The second-order valence-electron chi connectivity index (χ2n) is 23.4. The van der Waals surface area contributed by atoms with Crippen molar-refractivity contribution in [3.8, 4) is 11.5 Å². The fourth-order valence-electron chi connectivity index (χ4n) is 12.6. The monoisotopic (exact) mass is 1310 g/mol. The first kappa shape index (κ1) is 72.7. The van der Waals surface area contributed by atoms with Gasteiger partial charge in [0.15, 0.2) is 5.75 Å². The van der Waals surface area contributed by atoms with E-state index in [1.165, 1.54) is 49.5 Å². The van der Waals surface area contributed by atoms with Crippen LogP contribution in [0.25, 0.3) is 0 Å². The summed E-state index contributed by atoms with van der Waals surface area (Å²) in [5.74, 6) is -7.30. The summed E-state index contributed by atoms with van der Waals surface area (Å²) in [6.07, 6.45) is -12.3. The summed E-state index contributed by atoms with van der Waals surface area (Å²) in [5.41, 5.74) is 2.14. The first-order valence-electron chi connectivity index (χ1n) is 29.6. The molecule has 2 aromatic carbocycles. The first-order chi connectivity index (χ1) is 42.7. The third kappa shape index (κ3) is 16.2. The molecule has 10 rings (SSSR count). The Morgan fingerprint density at radius 1 is 0.598 bits per heavy atom. The Hall–Kier alpha value is -6.75. The van der Waals surface area contributed by atoms with Gasteiger partial charge in [0.25, 0.3) is 0 Å². The summed E-state index contributed by atoms with van der Waals surface area (Å²) in [6, 6.07) is 19.2. The van der Waals surface area contributed by atoms with Crippen LogP contribution in [0.15, 0.2) is 97.3 Å². The molecule has 4 amide bonds. The van der Waals surface area contributed by atoms with Gasteiger partial charge in [0.05, 0.1) is 86.0 Å². The van der Waals surface area contributed by atoms with Crippen molar-refractivity contribution < 1.29 is 110 Å². The highest BCUT2D eigenvalue weighted by Gasteiger charge is 2.67. The predicted molar refractivity (Wildman–Crippen MR) is 322 cm³/mol. The maximum absolute atomic E-state index is 13.2. The van der Waals surface area contributed by atoms with Crippen LogP contribution in [0.3, 0.4) is 0 Å². The second-order valence-corrected chi connectivity index (χ2v) is 24.4. The highest BCUT2D eigenvalue weighted by Crippen LogP contribution is 2.47. The molecule has 6 heterocycles. The van der Waals surface area contributed by atoms with Crippen LogP contribution in [0, 0.1) is 11.8 Å². The molecule has 508 valence electrons. The molecular weight excluding hydrogens is 1230 g/mol. The Kier molecular flexibility index (Phi) is 24.1. The van der Waals surface area contributed by atoms with Crippen LogP contribution in [0.2, 0.25) is 0 Å². The molecule has 6 aliphatic rings. The number of rotatable bonds is 16. The van der Waals surface area contributed by atoms with Crippen molar-refractivity contribution in [1.82, 2.24) is 30.4 Å². The van der Waals surface area contributed by atoms with Gasteiger partial charge in [-0.2, -0.15) is 8.42 Å². The number of pyridine rings is 2. The Morgan fingerprint density at radius 2 is 1.00 bits per heavy atom. The lowest BCUT2D eigenvalue weighted by Crippen LogP contribution is -2.77. The lowest BCUT2D eigenvalue weighted by molar-refractivity contribution is -0.452. The second kappa shape index (κ2) is 30.5. The van der Waals surface area contributed by atoms with Gasteiger partial charge in [-0.05, 0) is 74.9 Å². The molecule has 10 N–H and O–H groups in total. The van der Waals surface area contributed by atoms with Gasteiger partial charge in [-0.15, -0.1) is 0 Å². The number of amides is 4. The molecule has 2 aliphatic carbocycles. The van der Waals surface area contributed by atoms with Crippen molar-refractivity contribution in [2.75, 3.05) is 14.1 Å². The Labute approximate surface area is 533 Å². The number of likely N-dealkylation sites (N-methyl/N-ethyl adjacent to an activating group) is 2. The van der Waals surface area contributed by atoms with Crippen LogP contribution in [0.4, 0.5) is 9.59 Å². The topological polar surface area (TPSA) is 404 Å². The maximum Gasteiger partial charge on any atom is 0.446 e. The van der Waals surface area contributed by atoms with E-state index in [1.807, 2.05) is 36.4 Å². The number of carbonyl (C=O) groups is 4. The van der Waals surface area contributed by atoms with E-state index in [2.05, 4.69) is 24.8 Å². The van der Waals surface area contributed by atoms with Crippen LogP contribution in [-0.4, -0.2) is 216 Å². The number of hydrogen-bond donors (Lipinski definition) is 10. The number of aromatic hydroxyl groups is 1. The van der Waals surface area contributed by atoms with Gasteiger partial charge < -0.3 is 98.3 Å². The van der Waals surface area contributed by atoms with Gasteiger partial charge in [-0.25, -0.2) is 9.59 Å². The summed E-state index contributed by atoms with van der Waals surface area (Å²) >= 11 is 0. The fourth-order valence-corrected chi connectivity index (χ4v) is 12.9. The molecule has 2 saturated carbocycles. The number of nitrogens with zero attached hydrogens (tertiary/aromatic N) is 4. The first-order valence-corrected chi connectivity index (χ1v) is 30.9. The van der Waals surface area contributed by atoms with Crippen molar-refractivity contribution in [2.45, 2.75) is 204 Å². The number of aliphatic hydroxyl groups excluding tert-OH is 4. The fraction of sp³-hybridized carbons (Fsp3) is 0.581. The number of benzene rings is 2. The number of fused-ring (bicyclic) bond motifs is 4. The van der Waals surface area contributed by atoms with E-state index < -0.39 is 156 Å². The molecule has 0 radical (unpaired) electrons. The van der Waals surface area contributed by atoms with Gasteiger partial charge in [0.1, 0.15) is 43.4 Å². The quantitative estimate of drug-likeness (QED) is 0.0720. The molecule has 0 bridgehead atoms. The molecule has 4 saturated heterocycles. The molecule has 4 aliphatic heterocycles. The van der Waals surface area contributed by atoms with E-state index in [0.717, 1.165) is 22.2 Å². The molecule has 4 aromatic rings. The molecule has 2 aromatic heterocycles. The normalized spacial score (nSPS) is 33.6. The minimum Gasteiger partial charge on any atom is -0.506 e. The van der Waals surface area contributed by atoms with Crippen molar-refractivity contribution in [2.24, 2.45) is 11.8 Å². The van der Waals surface area contributed by atoms with E-state index in [1.54, 1.807) is 52.0 Å². The van der Waals surface area contributed by atoms with Crippen LogP contribution in [-0.2, 0) is 83.9 Å². The zero-order chi connectivity index (χ0) is 65.0. The minimum atomic E-state index is -4.75. The molecule has 30 heteroatoms. The average Bonchev–Trinajstić information content (AvgIpc) is 0.732. The molecule has 92 heavy (non-hydrogen) atoms. The highest BCUT2D eigenvalue weighted by atomic mass is 32.3. The Morgan fingerprint density at radius 3 is 1.36 bits per heavy atom. The largest absolute Gasteiger partial charge is 0.506 e. The smallest absolute Gasteiger partial charge is 0.446 e. The van der Waals surface area contributed by atoms with E-state index in [4.69, 9.17) is 42.4 Å². The Bertz CT molecular complexity index is 3200. The maximum atomic E-state index is 13.2. The number of hydrogen-bond acceptors (Lipinski definition) is 24. The minimum absolute atomic E-state index is 0. The summed E-state index contributed by atoms with van der Waals surface area (Å²) < 4.78 is 82.6. The van der Waals surface area contributed by atoms with Gasteiger partial charge in [0.2, 0.25) is 36.0 Å². The molecule has 29 nitrogen and oxygen atoms in total. The average molecular weight is 1320 g/mol. The standard InChI is InChI=1S/C30H39N3O13S.C30H39N3O10.2CH4/c1-4-20-24(35)23(33(3)29(37)42-15-17-8-6-5-7-9-17)26-27(25(20)36)44-28-30(38,45-26)21(12-16(2)43-28)32-22(34)13-18-10-11-19(14-31-18)46-47(39,40)41;1-4-20-24(36)23(33(3)29(38)40-15-17-8-6-5-7-9-17)26-27(25(20)37)42-28-30(39,43-26)21(12-16(2)41-28)32-22(35)13-18-10-11-19(34)14-31-18;;/h5-11,14,16,20-21,23-28,35-36,38H,4,12-13,15H2,1-3H3,(H,32,34)(H,39,40,41);5-11,14,16,20-21,23-28,34,36-37,39H,4,12-13,15H2,1-3H3,(H,32,35);2*1H4/t2*16-,20-,21-,23+,24+,25+,26-,27-,28+,30+;;/m11../s1. The van der Waals surface area contributed by atoms with Gasteiger partial charge >= 0.3 is 22.6 Å². The predicted octanol–water partition coefficient (Wildman–Crippen LogP) is 2.39. The van der Waals surface area contributed by atoms with Crippen LogP contribution in [0.1, 0.15) is 90.7 Å². The van der Waals surface area contributed by atoms with E-state index in [-0.39, 0.29) is 70.9 Å². The van der Waals surface area contributed by atoms with Gasteiger partial charge in [-0.3, -0.25) is 24.1 Å². The summed E-state index contributed by atoms with van der Waals surface area (Å²) in [4.78, 5) is 62.9. The number of nitrogens with one attached hydrogen (secondary N) is 2. The number of carbonyl (C=O) groups excluding carboxylic acids is 4. The summed E-state index contributed by atoms with van der Waals surface area (Å²) in [6.45, 7) is 7.01. The van der Waals surface area contributed by atoms with Crippen LogP contribution < -0.4 is 14.8 Å². The van der Waals surface area contributed by atoms with Crippen LogP contribution in [0.5, 0.6) is 11.5 Å². The summed E-state index contributed by atoms with van der Waals surface area (Å²) in [5, 5.41) is 84.2. The zero-order valence-electron chi connectivity index (χ0n) is 50.2. The molecule has 0 unspecified atom stereocenters. The van der Waals surface area contributed by atoms with Gasteiger partial charge in [0, 0.05) is 37.3 Å². The van der Waals surface area contributed by atoms with Crippen molar-refractivity contribution >= 4 is 34.4 Å². The summed E-state index contributed by atoms with van der Waals surface area (Å²) in [7, 11) is -1.88. The zero-order valence-corrected chi connectivity index (χ0v) is 51.0. The SMILES string of the molecule is C.C.CC[C@H]1[C@H](O)[C@H]2O[C@@H]3O[C@H](C)C[C@@H](NC(=O)Cc4ccc(O)cn4)[C@]3(O)O[C@@H]2[C@@H](N(C)C(=O)OCc2ccccc2)[C@H]1O.CC[C@H]1[C@H](O)[C@H]2O[C@@H]3O[C@H](C)C[C@@H](NC(=O)Cc4ccc(OS(=O)(=O)O)cn4)[C@]3(O)O[C@@H]2[C@@H](N(C)C(=O)OCc2ccccc2)[C@H]1O. The molecule has 6 fully saturated rings.